The smallest absolute Gasteiger partial charge is 0.198 e. The Labute approximate surface area is 214 Å². The summed E-state index contributed by atoms with van der Waals surface area (Å²) in [6.07, 6.45) is 34.9. The highest BCUT2D eigenvalue weighted by Gasteiger charge is 2.12. The zero-order valence-corrected chi connectivity index (χ0v) is 23.6. The number of Topliss-reactive ketones (excluding diaryl/α,β-unsaturated/α-hetero) is 2. The molecule has 0 saturated heterocycles. The van der Waals surface area contributed by atoms with E-state index in [0.29, 0.717) is 12.8 Å². The monoisotopic (exact) mass is 478 g/mol. The van der Waals surface area contributed by atoms with Gasteiger partial charge in [0.2, 0.25) is 0 Å². The van der Waals surface area contributed by atoms with Gasteiger partial charge in [0, 0.05) is 12.8 Å². The van der Waals surface area contributed by atoms with Crippen LogP contribution in [0.3, 0.4) is 0 Å². The Hall–Kier alpha value is -0.660. The molecule has 2 nitrogen and oxygen atoms in total. The minimum absolute atomic E-state index is 0.109. The van der Waals surface area contributed by atoms with E-state index in [1.165, 1.54) is 141 Å². The van der Waals surface area contributed by atoms with Crippen molar-refractivity contribution in [3.8, 4) is 0 Å². The lowest BCUT2D eigenvalue weighted by molar-refractivity contribution is -0.136. The van der Waals surface area contributed by atoms with E-state index >= 15 is 0 Å². The summed E-state index contributed by atoms with van der Waals surface area (Å²) >= 11 is 0. The molecule has 2 heteroatoms. The SMILES string of the molecule is CCCCCCCCCCCCCCCC(=O)C(=O)CCCCCCCCCCCCCCC. The number of hydrogen-bond donors (Lipinski definition) is 0. The third kappa shape index (κ3) is 26.0. The van der Waals surface area contributed by atoms with E-state index in [1.54, 1.807) is 0 Å². The molecule has 202 valence electrons. The Balaban J connectivity index is 3.29. The fourth-order valence-electron chi connectivity index (χ4n) is 4.89. The van der Waals surface area contributed by atoms with Crippen LogP contribution in [0.15, 0.2) is 0 Å². The lowest BCUT2D eigenvalue weighted by atomic mass is 10.0. The normalized spacial score (nSPS) is 11.2. The predicted octanol–water partition coefficient (Wildman–Crippen LogP) is 11.1. The second-order valence-electron chi connectivity index (χ2n) is 10.8. The highest BCUT2D eigenvalue weighted by Crippen LogP contribution is 2.15. The molecule has 0 unspecified atom stereocenters. The van der Waals surface area contributed by atoms with Crippen molar-refractivity contribution in [3.63, 3.8) is 0 Å². The molecule has 0 aliphatic carbocycles. The minimum Gasteiger partial charge on any atom is -0.291 e. The summed E-state index contributed by atoms with van der Waals surface area (Å²) < 4.78 is 0. The highest BCUT2D eigenvalue weighted by atomic mass is 16.2. The average Bonchev–Trinajstić information content (AvgIpc) is 2.84. The maximum atomic E-state index is 12.0. The van der Waals surface area contributed by atoms with Gasteiger partial charge in [-0.1, -0.05) is 168 Å². The number of carbonyl (C=O) groups is 2. The Bertz CT molecular complexity index is 389. The topological polar surface area (TPSA) is 34.1 Å². The van der Waals surface area contributed by atoms with Crippen LogP contribution in [0.5, 0.6) is 0 Å². The van der Waals surface area contributed by atoms with Gasteiger partial charge in [-0.25, -0.2) is 0 Å². The molecule has 0 amide bonds. The predicted molar refractivity (Wildman–Crippen MR) is 151 cm³/mol. The molecule has 0 aromatic carbocycles. The number of rotatable bonds is 29. The number of ketones is 2. The number of hydrogen-bond acceptors (Lipinski definition) is 2. The van der Waals surface area contributed by atoms with E-state index in [1.807, 2.05) is 0 Å². The van der Waals surface area contributed by atoms with Crippen molar-refractivity contribution in [2.24, 2.45) is 0 Å². The summed E-state index contributed by atoms with van der Waals surface area (Å²) in [5.41, 5.74) is 0. The van der Waals surface area contributed by atoms with Gasteiger partial charge in [0.1, 0.15) is 0 Å². The molecule has 0 aromatic rings. The van der Waals surface area contributed by atoms with E-state index in [0.717, 1.165) is 25.7 Å². The van der Waals surface area contributed by atoms with Gasteiger partial charge < -0.3 is 0 Å². The number of unbranched alkanes of at least 4 members (excludes halogenated alkanes) is 24. The second kappa shape index (κ2) is 28.6. The molecule has 0 atom stereocenters. The van der Waals surface area contributed by atoms with E-state index in [-0.39, 0.29) is 11.6 Å². The van der Waals surface area contributed by atoms with Crippen LogP contribution in [-0.2, 0) is 9.59 Å². The van der Waals surface area contributed by atoms with Crippen LogP contribution >= 0.6 is 0 Å². The Morgan fingerprint density at radius 2 is 0.471 bits per heavy atom. The largest absolute Gasteiger partial charge is 0.291 e. The molecule has 0 spiro atoms. The molecule has 0 saturated carbocycles. The van der Waals surface area contributed by atoms with E-state index in [2.05, 4.69) is 13.8 Å². The van der Waals surface area contributed by atoms with Crippen LogP contribution in [0.4, 0.5) is 0 Å². The van der Waals surface area contributed by atoms with Gasteiger partial charge in [-0.15, -0.1) is 0 Å². The molecule has 0 aliphatic heterocycles. The first kappa shape index (κ1) is 33.3. The molecule has 0 fully saturated rings. The molecule has 0 aliphatic rings. The van der Waals surface area contributed by atoms with Crippen LogP contribution < -0.4 is 0 Å². The molecule has 0 rings (SSSR count). The summed E-state index contributed by atoms with van der Waals surface area (Å²) in [5.74, 6) is -0.219. The van der Waals surface area contributed by atoms with Gasteiger partial charge in [-0.2, -0.15) is 0 Å². The van der Waals surface area contributed by atoms with E-state index < -0.39 is 0 Å². The van der Waals surface area contributed by atoms with Gasteiger partial charge >= 0.3 is 0 Å². The fourth-order valence-corrected chi connectivity index (χ4v) is 4.89. The summed E-state index contributed by atoms with van der Waals surface area (Å²) in [6, 6.07) is 0. The molecule has 34 heavy (non-hydrogen) atoms. The lowest BCUT2D eigenvalue weighted by Crippen LogP contribution is -2.13. The van der Waals surface area contributed by atoms with Crippen molar-refractivity contribution in [2.75, 3.05) is 0 Å². The summed E-state index contributed by atoms with van der Waals surface area (Å²) in [7, 11) is 0. The van der Waals surface area contributed by atoms with E-state index in [4.69, 9.17) is 0 Å². The van der Waals surface area contributed by atoms with Gasteiger partial charge in [0.15, 0.2) is 11.6 Å². The first-order chi connectivity index (χ1) is 16.7. The third-order valence-corrected chi connectivity index (χ3v) is 7.33. The average molecular weight is 479 g/mol. The highest BCUT2D eigenvalue weighted by molar-refractivity contribution is 6.37. The Morgan fingerprint density at radius 3 is 0.676 bits per heavy atom. The minimum atomic E-state index is -0.109. The molecule has 0 heterocycles. The van der Waals surface area contributed by atoms with Crippen LogP contribution in [0.25, 0.3) is 0 Å². The Morgan fingerprint density at radius 1 is 0.294 bits per heavy atom. The second-order valence-corrected chi connectivity index (χ2v) is 10.8. The fraction of sp³-hybridized carbons (Fsp3) is 0.938. The molecule has 0 bridgehead atoms. The summed E-state index contributed by atoms with van der Waals surface area (Å²) in [5, 5.41) is 0. The van der Waals surface area contributed by atoms with Crippen molar-refractivity contribution in [1.29, 1.82) is 0 Å². The summed E-state index contributed by atoms with van der Waals surface area (Å²) in [6.45, 7) is 4.55. The van der Waals surface area contributed by atoms with Crippen molar-refractivity contribution in [2.45, 2.75) is 194 Å². The van der Waals surface area contributed by atoms with Gasteiger partial charge in [0.05, 0.1) is 0 Å². The molecule has 0 radical (unpaired) electrons. The van der Waals surface area contributed by atoms with Gasteiger partial charge in [-0.05, 0) is 12.8 Å². The maximum absolute atomic E-state index is 12.0. The van der Waals surface area contributed by atoms with Gasteiger partial charge in [-0.3, -0.25) is 9.59 Å². The quantitative estimate of drug-likeness (QED) is 0.0791. The molecular weight excluding hydrogens is 416 g/mol. The van der Waals surface area contributed by atoms with Crippen molar-refractivity contribution in [1.82, 2.24) is 0 Å². The first-order valence-corrected chi connectivity index (χ1v) is 15.8. The van der Waals surface area contributed by atoms with Gasteiger partial charge in [0.25, 0.3) is 0 Å². The van der Waals surface area contributed by atoms with E-state index in [9.17, 15) is 9.59 Å². The van der Waals surface area contributed by atoms with Crippen LogP contribution in [-0.4, -0.2) is 11.6 Å². The number of carbonyl (C=O) groups excluding carboxylic acids is 2. The molecule has 0 N–H and O–H groups in total. The van der Waals surface area contributed by atoms with Crippen LogP contribution in [0, 0.1) is 0 Å². The first-order valence-electron chi connectivity index (χ1n) is 15.8. The van der Waals surface area contributed by atoms with Crippen LogP contribution in [0.2, 0.25) is 0 Å². The zero-order valence-electron chi connectivity index (χ0n) is 23.6. The van der Waals surface area contributed by atoms with Crippen LogP contribution in [0.1, 0.15) is 194 Å². The Kier molecular flexibility index (Phi) is 28.0. The molecular formula is C32H62O2. The molecule has 0 aromatic heterocycles. The standard InChI is InChI=1S/C32H62O2/c1-3-5-7-9-11-13-15-17-19-21-23-25-27-29-31(33)32(34)30-28-26-24-22-20-18-16-14-12-10-8-6-4-2/h3-30H2,1-2H3. The maximum Gasteiger partial charge on any atom is 0.198 e. The zero-order chi connectivity index (χ0) is 25.0. The van der Waals surface area contributed by atoms with Crippen molar-refractivity contribution in [3.05, 3.63) is 0 Å². The summed E-state index contributed by atoms with van der Waals surface area (Å²) in [4.78, 5) is 24.1. The van der Waals surface area contributed by atoms with Crippen molar-refractivity contribution >= 4 is 11.6 Å². The third-order valence-electron chi connectivity index (χ3n) is 7.33. The lowest BCUT2D eigenvalue weighted by Gasteiger charge is -2.04. The van der Waals surface area contributed by atoms with Crippen molar-refractivity contribution < 1.29 is 9.59 Å².